The first-order valence-electron chi connectivity index (χ1n) is 6.24. The van der Waals surface area contributed by atoms with Gasteiger partial charge in [-0.2, -0.15) is 5.10 Å². The molecule has 0 fully saturated rings. The Balaban J connectivity index is 2.10. The first kappa shape index (κ1) is 12.8. The number of hydrogen-bond donors (Lipinski definition) is 2. The highest BCUT2D eigenvalue weighted by Gasteiger charge is 2.16. The number of aromatic amines is 1. The van der Waals surface area contributed by atoms with Gasteiger partial charge in [-0.3, -0.25) is 0 Å². The molecule has 2 heterocycles. The second-order valence-electron chi connectivity index (χ2n) is 4.77. The lowest BCUT2D eigenvalue weighted by molar-refractivity contribution is 0.448. The molecule has 18 heavy (non-hydrogen) atoms. The van der Waals surface area contributed by atoms with Gasteiger partial charge in [0.25, 0.3) is 0 Å². The normalized spacial score (nSPS) is 13.1. The number of nitrogens with one attached hydrogen (secondary N) is 2. The zero-order valence-electron chi connectivity index (χ0n) is 11.1. The summed E-state index contributed by atoms with van der Waals surface area (Å²) in [5.41, 5.74) is 0. The van der Waals surface area contributed by atoms with Gasteiger partial charge < -0.3 is 10.3 Å². The number of rotatable bonds is 6. The molecule has 6 nitrogen and oxygen atoms in total. The molecule has 0 aliphatic rings. The predicted molar refractivity (Wildman–Crippen MR) is 69.0 cm³/mol. The quantitative estimate of drug-likeness (QED) is 0.804. The van der Waals surface area contributed by atoms with Crippen molar-refractivity contribution in [1.29, 1.82) is 0 Å². The van der Waals surface area contributed by atoms with Gasteiger partial charge in [0.15, 0.2) is 0 Å². The highest BCUT2D eigenvalue weighted by molar-refractivity contribution is 5.01. The van der Waals surface area contributed by atoms with E-state index in [0.29, 0.717) is 5.92 Å². The van der Waals surface area contributed by atoms with E-state index in [1.54, 1.807) is 12.5 Å². The van der Waals surface area contributed by atoms with Crippen molar-refractivity contribution in [1.82, 2.24) is 30.0 Å². The van der Waals surface area contributed by atoms with Gasteiger partial charge in [0, 0.05) is 25.4 Å². The highest BCUT2D eigenvalue weighted by Crippen LogP contribution is 2.13. The van der Waals surface area contributed by atoms with Gasteiger partial charge in [0.05, 0.1) is 6.04 Å². The first-order valence-corrected chi connectivity index (χ1v) is 6.24. The van der Waals surface area contributed by atoms with Crippen LogP contribution in [-0.4, -0.2) is 31.8 Å². The van der Waals surface area contributed by atoms with Gasteiger partial charge in [-0.1, -0.05) is 13.8 Å². The zero-order valence-corrected chi connectivity index (χ0v) is 11.1. The van der Waals surface area contributed by atoms with Gasteiger partial charge in [-0.05, 0) is 13.0 Å². The fourth-order valence-electron chi connectivity index (χ4n) is 1.93. The van der Waals surface area contributed by atoms with E-state index in [1.165, 1.54) is 0 Å². The van der Waals surface area contributed by atoms with Crippen LogP contribution >= 0.6 is 0 Å². The van der Waals surface area contributed by atoms with Crippen LogP contribution in [0.25, 0.3) is 0 Å². The van der Waals surface area contributed by atoms with Crippen molar-refractivity contribution in [2.75, 3.05) is 7.05 Å². The molecule has 0 aliphatic carbocycles. The third kappa shape index (κ3) is 2.95. The molecule has 0 saturated carbocycles. The number of hydrogen-bond acceptors (Lipinski definition) is 4. The Bertz CT molecular complexity index is 459. The molecule has 6 heteroatoms. The summed E-state index contributed by atoms with van der Waals surface area (Å²) in [5.74, 6) is 2.47. The van der Waals surface area contributed by atoms with Crippen LogP contribution in [0.15, 0.2) is 18.7 Å². The minimum absolute atomic E-state index is 0.134. The zero-order chi connectivity index (χ0) is 13.0. The lowest BCUT2D eigenvalue weighted by Crippen LogP contribution is -2.22. The van der Waals surface area contributed by atoms with E-state index in [1.807, 2.05) is 17.9 Å². The predicted octanol–water partition coefficient (Wildman–Crippen LogP) is 1.16. The monoisotopic (exact) mass is 248 g/mol. The molecule has 98 valence electrons. The lowest BCUT2D eigenvalue weighted by atomic mass is 10.1. The second-order valence-corrected chi connectivity index (χ2v) is 4.77. The number of aromatic nitrogens is 5. The van der Waals surface area contributed by atoms with Gasteiger partial charge in [-0.15, -0.1) is 0 Å². The molecule has 0 spiro atoms. The molecule has 0 bridgehead atoms. The van der Waals surface area contributed by atoms with E-state index >= 15 is 0 Å². The van der Waals surface area contributed by atoms with Crippen molar-refractivity contribution in [3.8, 4) is 0 Å². The molecule has 2 aromatic heterocycles. The summed E-state index contributed by atoms with van der Waals surface area (Å²) in [6, 6.07) is 0.134. The average Bonchev–Trinajstić information content (AvgIpc) is 2.96. The van der Waals surface area contributed by atoms with E-state index < -0.39 is 0 Å². The Kier molecular flexibility index (Phi) is 4.09. The van der Waals surface area contributed by atoms with E-state index in [4.69, 9.17) is 0 Å². The maximum Gasteiger partial charge on any atom is 0.138 e. The minimum atomic E-state index is 0.134. The van der Waals surface area contributed by atoms with Gasteiger partial charge in [0.1, 0.15) is 18.0 Å². The fourth-order valence-corrected chi connectivity index (χ4v) is 1.93. The largest absolute Gasteiger partial charge is 0.347 e. The summed E-state index contributed by atoms with van der Waals surface area (Å²) in [5, 5.41) is 7.52. The van der Waals surface area contributed by atoms with E-state index in [-0.39, 0.29) is 6.04 Å². The third-order valence-corrected chi connectivity index (χ3v) is 2.82. The van der Waals surface area contributed by atoms with Gasteiger partial charge in [-0.25, -0.2) is 14.6 Å². The number of imidazole rings is 1. The summed E-state index contributed by atoms with van der Waals surface area (Å²) >= 11 is 0. The maximum absolute atomic E-state index is 4.34. The SMILES string of the molecule is CNC(Cc1ncnn1CC(C)C)c1ncc[nH]1. The van der Waals surface area contributed by atoms with Crippen LogP contribution in [0.5, 0.6) is 0 Å². The van der Waals surface area contributed by atoms with Gasteiger partial charge >= 0.3 is 0 Å². The lowest BCUT2D eigenvalue weighted by Gasteiger charge is -2.14. The topological polar surface area (TPSA) is 71.4 Å². The molecule has 0 aromatic carbocycles. The van der Waals surface area contributed by atoms with Crippen molar-refractivity contribution in [2.24, 2.45) is 5.92 Å². The first-order chi connectivity index (χ1) is 8.70. The molecule has 1 atom stereocenters. The summed E-state index contributed by atoms with van der Waals surface area (Å²) in [6.07, 6.45) is 5.99. The third-order valence-electron chi connectivity index (χ3n) is 2.82. The molecule has 0 aliphatic heterocycles. The fraction of sp³-hybridized carbons (Fsp3) is 0.583. The molecule has 0 saturated heterocycles. The van der Waals surface area contributed by atoms with Crippen molar-refractivity contribution in [3.05, 3.63) is 30.4 Å². The Morgan fingerprint density at radius 3 is 2.83 bits per heavy atom. The average molecular weight is 248 g/mol. The molecular weight excluding hydrogens is 228 g/mol. The summed E-state index contributed by atoms with van der Waals surface area (Å²) in [6.45, 7) is 5.24. The number of H-pyrrole nitrogens is 1. The van der Waals surface area contributed by atoms with Crippen LogP contribution < -0.4 is 5.32 Å². The Labute approximate surface area is 107 Å². The van der Waals surface area contributed by atoms with Crippen molar-refractivity contribution < 1.29 is 0 Å². The van der Waals surface area contributed by atoms with Crippen LogP contribution in [0.1, 0.15) is 31.5 Å². The van der Waals surface area contributed by atoms with Crippen molar-refractivity contribution in [2.45, 2.75) is 32.9 Å². The van der Waals surface area contributed by atoms with Crippen molar-refractivity contribution >= 4 is 0 Å². The molecule has 1 unspecified atom stereocenters. The molecule has 0 radical (unpaired) electrons. The molecular formula is C12H20N6. The Hall–Kier alpha value is -1.69. The van der Waals surface area contributed by atoms with E-state index in [0.717, 1.165) is 24.6 Å². The number of nitrogens with zero attached hydrogens (tertiary/aromatic N) is 4. The second kappa shape index (κ2) is 5.77. The Morgan fingerprint density at radius 2 is 2.22 bits per heavy atom. The van der Waals surface area contributed by atoms with E-state index in [2.05, 4.69) is 39.2 Å². The number of likely N-dealkylation sites (N-methyl/N-ethyl adjacent to an activating group) is 1. The van der Waals surface area contributed by atoms with Crippen LogP contribution in [0.2, 0.25) is 0 Å². The molecule has 2 rings (SSSR count). The molecule has 2 N–H and O–H groups in total. The Morgan fingerprint density at radius 1 is 1.39 bits per heavy atom. The van der Waals surface area contributed by atoms with Crippen LogP contribution in [0.3, 0.4) is 0 Å². The van der Waals surface area contributed by atoms with Crippen LogP contribution in [-0.2, 0) is 13.0 Å². The van der Waals surface area contributed by atoms with Crippen LogP contribution in [0, 0.1) is 5.92 Å². The van der Waals surface area contributed by atoms with Gasteiger partial charge in [0.2, 0.25) is 0 Å². The maximum atomic E-state index is 4.34. The van der Waals surface area contributed by atoms with Crippen LogP contribution in [0.4, 0.5) is 0 Å². The summed E-state index contributed by atoms with van der Waals surface area (Å²) < 4.78 is 1.97. The summed E-state index contributed by atoms with van der Waals surface area (Å²) in [7, 11) is 1.93. The van der Waals surface area contributed by atoms with E-state index in [9.17, 15) is 0 Å². The highest BCUT2D eigenvalue weighted by atomic mass is 15.3. The van der Waals surface area contributed by atoms with Crippen molar-refractivity contribution in [3.63, 3.8) is 0 Å². The smallest absolute Gasteiger partial charge is 0.138 e. The summed E-state index contributed by atoms with van der Waals surface area (Å²) in [4.78, 5) is 11.7. The minimum Gasteiger partial charge on any atom is -0.347 e. The molecule has 0 amide bonds. The standard InChI is InChI=1S/C12H20N6/c1-9(2)7-18-11(16-8-17-18)6-10(13-3)12-14-4-5-15-12/h4-5,8-10,13H,6-7H2,1-3H3,(H,14,15). The molecule has 2 aromatic rings.